The SMILES string of the molecule is CC1CN(c2ccc(CNC(=O)Cn3ccc([N+](=O)[O-])n3)cn2)CC(C)O1. The topological polar surface area (TPSA) is 115 Å². The lowest BCUT2D eigenvalue weighted by Gasteiger charge is -2.36. The van der Waals surface area contributed by atoms with Crippen LogP contribution in [0.25, 0.3) is 0 Å². The number of anilines is 1. The zero-order valence-electron chi connectivity index (χ0n) is 15.2. The fraction of sp³-hybridized carbons (Fsp3) is 0.471. The van der Waals surface area contributed by atoms with Gasteiger partial charge in [-0.3, -0.25) is 4.79 Å². The van der Waals surface area contributed by atoms with Crippen molar-refractivity contribution in [2.24, 2.45) is 0 Å². The molecule has 2 atom stereocenters. The molecule has 1 saturated heterocycles. The van der Waals surface area contributed by atoms with E-state index in [1.165, 1.54) is 16.9 Å². The molecule has 3 heterocycles. The Morgan fingerprint density at radius 3 is 2.67 bits per heavy atom. The largest absolute Gasteiger partial charge is 0.389 e. The number of aromatic nitrogens is 3. The van der Waals surface area contributed by atoms with Gasteiger partial charge in [0.15, 0.2) is 0 Å². The lowest BCUT2D eigenvalue weighted by Crippen LogP contribution is -2.45. The number of pyridine rings is 1. The normalized spacial score (nSPS) is 19.7. The van der Waals surface area contributed by atoms with Crippen molar-refractivity contribution in [2.45, 2.75) is 39.1 Å². The number of rotatable bonds is 6. The van der Waals surface area contributed by atoms with Gasteiger partial charge in [0.25, 0.3) is 0 Å². The number of ether oxygens (including phenoxy) is 1. The zero-order chi connectivity index (χ0) is 19.4. The molecule has 0 radical (unpaired) electrons. The van der Waals surface area contributed by atoms with Crippen molar-refractivity contribution in [1.82, 2.24) is 20.1 Å². The molecule has 27 heavy (non-hydrogen) atoms. The van der Waals surface area contributed by atoms with Crippen LogP contribution in [-0.4, -0.2) is 50.9 Å². The molecular formula is C17H22N6O4. The molecular weight excluding hydrogens is 352 g/mol. The molecule has 0 aromatic carbocycles. The standard InChI is InChI=1S/C17H22N6O4/c1-12-9-21(10-13(2)27-12)15-4-3-14(7-18-15)8-19-17(24)11-22-6-5-16(20-22)23(25)26/h3-7,12-13H,8-11H2,1-2H3,(H,19,24). The van der Waals surface area contributed by atoms with Crippen LogP contribution in [0.15, 0.2) is 30.6 Å². The van der Waals surface area contributed by atoms with Crippen LogP contribution in [-0.2, 0) is 22.6 Å². The average Bonchev–Trinajstić information content (AvgIpc) is 3.08. The second-order valence-corrected chi connectivity index (χ2v) is 6.59. The van der Waals surface area contributed by atoms with Gasteiger partial charge in [-0.15, -0.1) is 0 Å². The van der Waals surface area contributed by atoms with E-state index in [0.717, 1.165) is 24.5 Å². The fourth-order valence-electron chi connectivity index (χ4n) is 3.01. The Balaban J connectivity index is 1.50. The third-order valence-corrected chi connectivity index (χ3v) is 4.16. The first-order valence-electron chi connectivity index (χ1n) is 8.70. The highest BCUT2D eigenvalue weighted by atomic mass is 16.6. The molecule has 0 bridgehead atoms. The molecule has 1 aliphatic heterocycles. The third kappa shape index (κ3) is 5.00. The maximum absolute atomic E-state index is 12.0. The Hall–Kier alpha value is -3.01. The Morgan fingerprint density at radius 2 is 2.07 bits per heavy atom. The van der Waals surface area contributed by atoms with Gasteiger partial charge in [-0.2, -0.15) is 4.68 Å². The van der Waals surface area contributed by atoms with E-state index in [2.05, 4.69) is 20.3 Å². The summed E-state index contributed by atoms with van der Waals surface area (Å²) >= 11 is 0. The van der Waals surface area contributed by atoms with Crippen LogP contribution in [0.5, 0.6) is 0 Å². The number of carbonyl (C=O) groups excluding carboxylic acids is 1. The van der Waals surface area contributed by atoms with Gasteiger partial charge in [0.1, 0.15) is 12.4 Å². The van der Waals surface area contributed by atoms with E-state index >= 15 is 0 Å². The number of morpholine rings is 1. The third-order valence-electron chi connectivity index (χ3n) is 4.16. The summed E-state index contributed by atoms with van der Waals surface area (Å²) < 4.78 is 6.96. The Bertz CT molecular complexity index is 796. The van der Waals surface area contributed by atoms with Gasteiger partial charge in [0.05, 0.1) is 29.6 Å². The van der Waals surface area contributed by atoms with Crippen LogP contribution in [0.2, 0.25) is 0 Å². The van der Waals surface area contributed by atoms with Gasteiger partial charge in [-0.25, -0.2) is 4.98 Å². The monoisotopic (exact) mass is 374 g/mol. The summed E-state index contributed by atoms with van der Waals surface area (Å²) in [7, 11) is 0. The first kappa shape index (κ1) is 18.8. The maximum atomic E-state index is 12.0. The second kappa shape index (κ2) is 8.12. The number of nitrogens with one attached hydrogen (secondary N) is 1. The fourth-order valence-corrected chi connectivity index (χ4v) is 3.01. The van der Waals surface area contributed by atoms with Gasteiger partial charge >= 0.3 is 5.82 Å². The summed E-state index contributed by atoms with van der Waals surface area (Å²) in [5.41, 5.74) is 0.868. The maximum Gasteiger partial charge on any atom is 0.389 e. The molecule has 0 saturated carbocycles. The summed E-state index contributed by atoms with van der Waals surface area (Å²) in [4.78, 5) is 28.6. The molecule has 0 aliphatic carbocycles. The molecule has 2 unspecified atom stereocenters. The van der Waals surface area contributed by atoms with Crippen LogP contribution in [0.4, 0.5) is 11.6 Å². The van der Waals surface area contributed by atoms with Crippen molar-refractivity contribution >= 4 is 17.5 Å². The van der Waals surface area contributed by atoms with Gasteiger partial charge in [-0.1, -0.05) is 6.07 Å². The van der Waals surface area contributed by atoms with E-state index < -0.39 is 4.92 Å². The van der Waals surface area contributed by atoms with E-state index in [-0.39, 0.29) is 30.5 Å². The van der Waals surface area contributed by atoms with Gasteiger partial charge in [0.2, 0.25) is 5.91 Å². The van der Waals surface area contributed by atoms with Crippen LogP contribution >= 0.6 is 0 Å². The Labute approximate surface area is 156 Å². The lowest BCUT2D eigenvalue weighted by atomic mass is 10.2. The van der Waals surface area contributed by atoms with Crippen molar-refractivity contribution in [3.8, 4) is 0 Å². The van der Waals surface area contributed by atoms with Crippen LogP contribution in [0.1, 0.15) is 19.4 Å². The Morgan fingerprint density at radius 1 is 1.33 bits per heavy atom. The predicted octanol–water partition coefficient (Wildman–Crippen LogP) is 1.12. The first-order chi connectivity index (χ1) is 12.9. The predicted molar refractivity (Wildman–Crippen MR) is 97.2 cm³/mol. The number of hydrogen-bond acceptors (Lipinski definition) is 7. The summed E-state index contributed by atoms with van der Waals surface area (Å²) in [5.74, 6) is 0.318. The number of nitro groups is 1. The van der Waals surface area contributed by atoms with Crippen molar-refractivity contribution in [3.63, 3.8) is 0 Å². The molecule has 2 aromatic heterocycles. The number of carbonyl (C=O) groups is 1. The quantitative estimate of drug-likeness (QED) is 0.595. The van der Waals surface area contributed by atoms with E-state index in [9.17, 15) is 14.9 Å². The van der Waals surface area contributed by atoms with Gasteiger partial charge < -0.3 is 25.1 Å². The second-order valence-electron chi connectivity index (χ2n) is 6.59. The van der Waals surface area contributed by atoms with Crippen molar-refractivity contribution < 1.29 is 14.5 Å². The van der Waals surface area contributed by atoms with E-state index in [1.54, 1.807) is 6.20 Å². The summed E-state index contributed by atoms with van der Waals surface area (Å²) in [6.45, 7) is 5.92. The molecule has 1 aliphatic rings. The highest BCUT2D eigenvalue weighted by molar-refractivity contribution is 5.75. The molecule has 1 N–H and O–H groups in total. The number of nitrogens with zero attached hydrogens (tertiary/aromatic N) is 5. The van der Waals surface area contributed by atoms with Gasteiger partial charge in [-0.05, 0) is 30.4 Å². The van der Waals surface area contributed by atoms with Crippen molar-refractivity contribution in [1.29, 1.82) is 0 Å². The summed E-state index contributed by atoms with van der Waals surface area (Å²) in [6, 6.07) is 5.11. The first-order valence-corrected chi connectivity index (χ1v) is 8.70. The Kier molecular flexibility index (Phi) is 5.65. The minimum absolute atomic E-state index is 0.0804. The molecule has 10 heteroatoms. The molecule has 1 amide bonds. The minimum atomic E-state index is -0.600. The highest BCUT2D eigenvalue weighted by Gasteiger charge is 2.23. The number of hydrogen-bond donors (Lipinski definition) is 1. The van der Waals surface area contributed by atoms with Crippen LogP contribution in [0, 0.1) is 10.1 Å². The smallest absolute Gasteiger partial charge is 0.372 e. The molecule has 10 nitrogen and oxygen atoms in total. The molecule has 1 fully saturated rings. The van der Waals surface area contributed by atoms with Crippen LogP contribution in [0.3, 0.4) is 0 Å². The molecule has 0 spiro atoms. The van der Waals surface area contributed by atoms with Crippen molar-refractivity contribution in [2.75, 3.05) is 18.0 Å². The van der Waals surface area contributed by atoms with E-state index in [4.69, 9.17) is 4.74 Å². The minimum Gasteiger partial charge on any atom is -0.372 e. The molecule has 2 aromatic rings. The number of amides is 1. The lowest BCUT2D eigenvalue weighted by molar-refractivity contribution is -0.389. The molecule has 3 rings (SSSR count). The summed E-state index contributed by atoms with van der Waals surface area (Å²) in [6.07, 6.45) is 3.46. The highest BCUT2D eigenvalue weighted by Crippen LogP contribution is 2.18. The van der Waals surface area contributed by atoms with E-state index in [0.29, 0.717) is 6.54 Å². The van der Waals surface area contributed by atoms with Crippen LogP contribution < -0.4 is 10.2 Å². The summed E-state index contributed by atoms with van der Waals surface area (Å²) in [5, 5.41) is 17.1. The van der Waals surface area contributed by atoms with E-state index in [1.807, 2.05) is 26.0 Å². The zero-order valence-corrected chi connectivity index (χ0v) is 15.2. The van der Waals surface area contributed by atoms with Crippen molar-refractivity contribution in [3.05, 3.63) is 46.3 Å². The van der Waals surface area contributed by atoms with Gasteiger partial charge in [0, 0.05) is 25.8 Å². The molecule has 144 valence electrons. The average molecular weight is 374 g/mol.